The van der Waals surface area contributed by atoms with Gasteiger partial charge >= 0.3 is 0 Å². The summed E-state index contributed by atoms with van der Waals surface area (Å²) in [5.74, 6) is 0.410. The lowest BCUT2D eigenvalue weighted by molar-refractivity contribution is 0.0628. The fourth-order valence-corrected chi connectivity index (χ4v) is 3.18. The first kappa shape index (κ1) is 21.3. The van der Waals surface area contributed by atoms with Gasteiger partial charge in [0.2, 0.25) is 0 Å². The highest BCUT2D eigenvalue weighted by atomic mass is 35.5. The molecule has 0 unspecified atom stereocenters. The minimum absolute atomic E-state index is 0.176. The van der Waals surface area contributed by atoms with Crippen molar-refractivity contribution in [3.63, 3.8) is 0 Å². The van der Waals surface area contributed by atoms with Gasteiger partial charge in [-0.05, 0) is 54.4 Å². The van der Waals surface area contributed by atoms with E-state index in [9.17, 15) is 9.50 Å². The van der Waals surface area contributed by atoms with E-state index in [4.69, 9.17) is 16.3 Å². The number of aliphatic hydroxyl groups is 1. The van der Waals surface area contributed by atoms with Crippen molar-refractivity contribution in [3.05, 3.63) is 100 Å². The van der Waals surface area contributed by atoms with Crippen molar-refractivity contribution in [3.8, 4) is 5.75 Å². The third-order valence-corrected chi connectivity index (χ3v) is 4.82. The molecule has 0 spiro atoms. The van der Waals surface area contributed by atoms with Gasteiger partial charge in [-0.15, -0.1) is 0 Å². The molecule has 0 saturated heterocycles. The van der Waals surface area contributed by atoms with Crippen molar-refractivity contribution in [2.75, 3.05) is 13.2 Å². The molecule has 0 bridgehead atoms. The van der Waals surface area contributed by atoms with Gasteiger partial charge in [-0.3, -0.25) is 4.90 Å². The topological polar surface area (TPSA) is 32.7 Å². The lowest BCUT2D eigenvalue weighted by Gasteiger charge is -2.25. The van der Waals surface area contributed by atoms with E-state index in [1.54, 1.807) is 36.4 Å². The van der Waals surface area contributed by atoms with Crippen LogP contribution in [0.4, 0.5) is 4.39 Å². The van der Waals surface area contributed by atoms with E-state index in [2.05, 4.69) is 36.1 Å². The summed E-state index contributed by atoms with van der Waals surface area (Å²) in [7, 11) is 0. The Bertz CT molecular complexity index is 835. The second kappa shape index (κ2) is 10.4. The molecular formula is C24H25ClFNO2. The van der Waals surface area contributed by atoms with Gasteiger partial charge < -0.3 is 9.84 Å². The monoisotopic (exact) mass is 413 g/mol. The summed E-state index contributed by atoms with van der Waals surface area (Å²) in [6.07, 6.45) is -0.670. The minimum atomic E-state index is -0.670. The first-order valence-electron chi connectivity index (χ1n) is 9.57. The Kier molecular flexibility index (Phi) is 7.64. The fraction of sp³-hybridized carbons (Fsp3) is 0.250. The highest BCUT2D eigenvalue weighted by Gasteiger charge is 2.14. The van der Waals surface area contributed by atoms with E-state index < -0.39 is 6.10 Å². The van der Waals surface area contributed by atoms with Crippen LogP contribution in [0.3, 0.4) is 0 Å². The van der Waals surface area contributed by atoms with Crippen LogP contribution in [-0.4, -0.2) is 29.3 Å². The molecule has 0 fully saturated rings. The molecule has 152 valence electrons. The third-order valence-electron chi connectivity index (χ3n) is 4.57. The SMILES string of the molecule is Cc1ccc(CN(Cc2ccc(F)cc2)C[C@H](O)COc2ccc(Cl)cc2)cc1. The second-order valence-electron chi connectivity index (χ2n) is 7.20. The quantitative estimate of drug-likeness (QED) is 0.521. The highest BCUT2D eigenvalue weighted by Crippen LogP contribution is 2.16. The first-order valence-corrected chi connectivity index (χ1v) is 9.94. The van der Waals surface area contributed by atoms with E-state index in [0.717, 1.165) is 11.1 Å². The van der Waals surface area contributed by atoms with Crippen molar-refractivity contribution in [2.24, 2.45) is 0 Å². The van der Waals surface area contributed by atoms with Crippen LogP contribution in [-0.2, 0) is 13.1 Å². The van der Waals surface area contributed by atoms with Crippen molar-refractivity contribution < 1.29 is 14.2 Å². The summed E-state index contributed by atoms with van der Waals surface area (Å²) in [6.45, 7) is 3.94. The summed E-state index contributed by atoms with van der Waals surface area (Å²) in [5, 5.41) is 11.2. The van der Waals surface area contributed by atoms with E-state index in [-0.39, 0.29) is 12.4 Å². The Morgan fingerprint density at radius 1 is 0.897 bits per heavy atom. The largest absolute Gasteiger partial charge is 0.491 e. The molecule has 0 aliphatic carbocycles. The van der Waals surface area contributed by atoms with E-state index in [1.165, 1.54) is 17.7 Å². The van der Waals surface area contributed by atoms with Gasteiger partial charge in [0.1, 0.15) is 24.3 Å². The summed E-state index contributed by atoms with van der Waals surface area (Å²) >= 11 is 5.88. The summed E-state index contributed by atoms with van der Waals surface area (Å²) < 4.78 is 18.9. The molecule has 0 saturated carbocycles. The normalized spacial score (nSPS) is 12.2. The average molecular weight is 414 g/mol. The summed E-state index contributed by atoms with van der Waals surface area (Å²) in [4.78, 5) is 2.13. The highest BCUT2D eigenvalue weighted by molar-refractivity contribution is 6.30. The summed E-state index contributed by atoms with van der Waals surface area (Å²) in [5.41, 5.74) is 3.35. The van der Waals surface area contributed by atoms with Crippen LogP contribution in [0.5, 0.6) is 5.75 Å². The van der Waals surface area contributed by atoms with Crippen LogP contribution >= 0.6 is 11.6 Å². The maximum Gasteiger partial charge on any atom is 0.123 e. The van der Waals surface area contributed by atoms with E-state index in [0.29, 0.717) is 30.4 Å². The summed E-state index contributed by atoms with van der Waals surface area (Å²) in [6, 6.07) is 21.8. The van der Waals surface area contributed by atoms with Crippen molar-refractivity contribution in [1.29, 1.82) is 0 Å². The molecule has 3 nitrogen and oxygen atoms in total. The Morgan fingerprint density at radius 2 is 1.45 bits per heavy atom. The Labute approximate surface area is 176 Å². The Hall–Kier alpha value is -2.40. The number of nitrogens with zero attached hydrogens (tertiary/aromatic N) is 1. The molecule has 0 heterocycles. The zero-order valence-electron chi connectivity index (χ0n) is 16.4. The molecule has 1 atom stereocenters. The predicted molar refractivity (Wildman–Crippen MR) is 115 cm³/mol. The van der Waals surface area contributed by atoms with Gasteiger partial charge in [0, 0.05) is 24.7 Å². The Morgan fingerprint density at radius 3 is 2.03 bits per heavy atom. The average Bonchev–Trinajstić information content (AvgIpc) is 2.71. The number of benzene rings is 3. The van der Waals surface area contributed by atoms with E-state index in [1.807, 2.05) is 0 Å². The lowest BCUT2D eigenvalue weighted by Crippen LogP contribution is -2.35. The van der Waals surface area contributed by atoms with Crippen molar-refractivity contribution in [2.45, 2.75) is 26.1 Å². The fourth-order valence-electron chi connectivity index (χ4n) is 3.06. The van der Waals surface area contributed by atoms with Gasteiger partial charge in [-0.2, -0.15) is 0 Å². The number of hydrogen-bond acceptors (Lipinski definition) is 3. The van der Waals surface area contributed by atoms with Crippen LogP contribution in [0.15, 0.2) is 72.8 Å². The maximum absolute atomic E-state index is 13.2. The van der Waals surface area contributed by atoms with Crippen LogP contribution in [0.25, 0.3) is 0 Å². The van der Waals surface area contributed by atoms with Crippen LogP contribution in [0.2, 0.25) is 5.02 Å². The van der Waals surface area contributed by atoms with Crippen molar-refractivity contribution >= 4 is 11.6 Å². The second-order valence-corrected chi connectivity index (χ2v) is 7.64. The molecule has 0 aliphatic rings. The smallest absolute Gasteiger partial charge is 0.123 e. The maximum atomic E-state index is 13.2. The zero-order chi connectivity index (χ0) is 20.6. The molecule has 0 aromatic heterocycles. The van der Waals surface area contributed by atoms with E-state index >= 15 is 0 Å². The standard InChI is InChI=1S/C24H25ClFNO2/c1-18-2-4-19(5-3-18)14-27(15-20-6-10-22(26)11-7-20)16-23(28)17-29-24-12-8-21(25)9-13-24/h2-13,23,28H,14-17H2,1H3/t23-/m0/s1. The molecule has 5 heteroatoms. The molecule has 29 heavy (non-hydrogen) atoms. The molecule has 0 amide bonds. The van der Waals surface area contributed by atoms with Gasteiger partial charge in [-0.1, -0.05) is 53.6 Å². The van der Waals surface area contributed by atoms with Gasteiger partial charge in [0.25, 0.3) is 0 Å². The minimum Gasteiger partial charge on any atom is -0.491 e. The Balaban J connectivity index is 1.63. The lowest BCUT2D eigenvalue weighted by atomic mass is 10.1. The number of ether oxygens (including phenoxy) is 1. The molecular weight excluding hydrogens is 389 g/mol. The molecule has 0 radical (unpaired) electrons. The number of hydrogen-bond donors (Lipinski definition) is 1. The number of halogens is 2. The van der Waals surface area contributed by atoms with Crippen LogP contribution in [0, 0.1) is 12.7 Å². The molecule has 0 aliphatic heterocycles. The molecule has 1 N–H and O–H groups in total. The first-order chi connectivity index (χ1) is 14.0. The molecule has 3 rings (SSSR count). The van der Waals surface area contributed by atoms with Gasteiger partial charge in [0.05, 0.1) is 0 Å². The van der Waals surface area contributed by atoms with Crippen LogP contribution in [0.1, 0.15) is 16.7 Å². The van der Waals surface area contributed by atoms with Crippen molar-refractivity contribution in [1.82, 2.24) is 4.90 Å². The predicted octanol–water partition coefficient (Wildman–Crippen LogP) is 5.23. The number of aliphatic hydroxyl groups excluding tert-OH is 1. The third kappa shape index (κ3) is 7.17. The van der Waals surface area contributed by atoms with Gasteiger partial charge in [-0.25, -0.2) is 4.39 Å². The number of rotatable bonds is 9. The van der Waals surface area contributed by atoms with Crippen LogP contribution < -0.4 is 4.74 Å². The molecule has 3 aromatic carbocycles. The number of aryl methyl sites for hydroxylation is 1. The zero-order valence-corrected chi connectivity index (χ0v) is 17.1. The molecule has 3 aromatic rings. The van der Waals surface area contributed by atoms with Gasteiger partial charge in [0.15, 0.2) is 0 Å².